The lowest BCUT2D eigenvalue weighted by Crippen LogP contribution is -2.28. The SMILES string of the molecule is Cc1ccccc1C(P)(c1ccccc1C)c1ccc2ccccc2c1CP(C(C)(C)C)C(C)(C)C. The van der Waals surface area contributed by atoms with Crippen LogP contribution in [0, 0.1) is 13.8 Å². The number of hydrogen-bond acceptors (Lipinski definition) is 0. The van der Waals surface area contributed by atoms with E-state index < -0.39 is 0 Å². The molecule has 0 bridgehead atoms. The molecule has 36 heavy (non-hydrogen) atoms. The van der Waals surface area contributed by atoms with Crippen LogP contribution in [0.2, 0.25) is 0 Å². The molecule has 1 atom stereocenters. The van der Waals surface area contributed by atoms with Crippen LogP contribution in [0.5, 0.6) is 0 Å². The summed E-state index contributed by atoms with van der Waals surface area (Å²) in [7, 11) is 3.02. The van der Waals surface area contributed by atoms with Gasteiger partial charge in [-0.15, -0.1) is 9.24 Å². The second-order valence-corrected chi connectivity index (χ2v) is 16.9. The molecule has 4 aromatic rings. The zero-order valence-electron chi connectivity index (χ0n) is 23.3. The quantitative estimate of drug-likeness (QED) is 0.184. The molecule has 4 rings (SSSR count). The van der Waals surface area contributed by atoms with Crippen LogP contribution in [-0.4, -0.2) is 10.3 Å². The van der Waals surface area contributed by atoms with Crippen molar-refractivity contribution in [3.8, 4) is 0 Å². The molecule has 188 valence electrons. The summed E-state index contributed by atoms with van der Waals surface area (Å²) < 4.78 is 0. The first-order valence-electron chi connectivity index (χ1n) is 13.0. The van der Waals surface area contributed by atoms with Crippen LogP contribution >= 0.6 is 17.2 Å². The first-order valence-corrected chi connectivity index (χ1v) is 15.2. The van der Waals surface area contributed by atoms with Crippen LogP contribution in [0.25, 0.3) is 10.8 Å². The van der Waals surface area contributed by atoms with Crippen molar-refractivity contribution >= 4 is 27.9 Å². The van der Waals surface area contributed by atoms with E-state index in [0.717, 1.165) is 6.16 Å². The highest BCUT2D eigenvalue weighted by Gasteiger charge is 2.39. The van der Waals surface area contributed by atoms with E-state index in [1.165, 1.54) is 44.2 Å². The molecule has 0 aliphatic carbocycles. The average molecular weight is 513 g/mol. The fraction of sp³-hybridized carbons (Fsp3) is 0.353. The predicted molar refractivity (Wildman–Crippen MR) is 166 cm³/mol. The third-order valence-corrected chi connectivity index (χ3v) is 12.3. The Balaban J connectivity index is 2.11. The van der Waals surface area contributed by atoms with Crippen molar-refractivity contribution in [1.82, 2.24) is 0 Å². The summed E-state index contributed by atoms with van der Waals surface area (Å²) in [4.78, 5) is 0. The molecule has 0 aromatic heterocycles. The summed E-state index contributed by atoms with van der Waals surface area (Å²) in [6, 6.07) is 31.6. The van der Waals surface area contributed by atoms with Crippen molar-refractivity contribution in [1.29, 1.82) is 0 Å². The van der Waals surface area contributed by atoms with E-state index in [-0.39, 0.29) is 23.4 Å². The second kappa shape index (κ2) is 10.0. The lowest BCUT2D eigenvalue weighted by molar-refractivity contribution is 0.702. The van der Waals surface area contributed by atoms with Crippen molar-refractivity contribution < 1.29 is 0 Å². The van der Waals surface area contributed by atoms with Crippen molar-refractivity contribution in [2.45, 2.75) is 77.0 Å². The first kappa shape index (κ1) is 27.0. The van der Waals surface area contributed by atoms with Crippen molar-refractivity contribution in [2.75, 3.05) is 0 Å². The minimum absolute atomic E-state index is 0.247. The maximum absolute atomic E-state index is 3.34. The van der Waals surface area contributed by atoms with Crippen LogP contribution in [-0.2, 0) is 11.3 Å². The van der Waals surface area contributed by atoms with E-state index in [0.29, 0.717) is 0 Å². The Labute approximate surface area is 222 Å². The Morgan fingerprint density at radius 3 is 1.56 bits per heavy atom. The summed E-state index contributed by atoms with van der Waals surface area (Å²) in [5, 5.41) is 2.88. The molecule has 0 fully saturated rings. The van der Waals surface area contributed by atoms with E-state index in [2.05, 4.69) is 150 Å². The molecule has 0 saturated carbocycles. The molecule has 0 heterocycles. The number of fused-ring (bicyclic) bond motifs is 1. The molecule has 2 heteroatoms. The van der Waals surface area contributed by atoms with E-state index in [9.17, 15) is 0 Å². The van der Waals surface area contributed by atoms with Crippen molar-refractivity contribution in [3.63, 3.8) is 0 Å². The number of aryl methyl sites for hydroxylation is 2. The zero-order chi connectivity index (χ0) is 26.3. The molecule has 0 spiro atoms. The summed E-state index contributed by atoms with van der Waals surface area (Å²) in [5.74, 6) is 0. The summed E-state index contributed by atoms with van der Waals surface area (Å²) in [6.45, 7) is 19.1. The third-order valence-electron chi connectivity index (χ3n) is 7.54. The molecule has 0 saturated heterocycles. The minimum atomic E-state index is -0.340. The van der Waals surface area contributed by atoms with Gasteiger partial charge in [-0.05, 0) is 74.5 Å². The molecule has 0 aliphatic heterocycles. The summed E-state index contributed by atoms with van der Waals surface area (Å²) in [5.41, 5.74) is 8.28. The molecular weight excluding hydrogens is 470 g/mol. The van der Waals surface area contributed by atoms with Gasteiger partial charge in [-0.3, -0.25) is 0 Å². The van der Waals surface area contributed by atoms with Crippen LogP contribution in [0.4, 0.5) is 0 Å². The Kier molecular flexibility index (Phi) is 7.55. The lowest BCUT2D eigenvalue weighted by atomic mass is 9.77. The predicted octanol–water partition coefficient (Wildman–Crippen LogP) is 10.2. The molecule has 1 unspecified atom stereocenters. The fourth-order valence-corrected chi connectivity index (χ4v) is 10.5. The Hall–Kier alpha value is -2.00. The van der Waals surface area contributed by atoms with Crippen LogP contribution in [0.15, 0.2) is 84.9 Å². The zero-order valence-corrected chi connectivity index (χ0v) is 25.4. The van der Waals surface area contributed by atoms with E-state index in [4.69, 9.17) is 0 Å². The van der Waals surface area contributed by atoms with Gasteiger partial charge in [-0.25, -0.2) is 0 Å². The Morgan fingerprint density at radius 1 is 0.583 bits per heavy atom. The second-order valence-electron chi connectivity index (χ2n) is 12.2. The topological polar surface area (TPSA) is 0 Å². The molecule has 0 nitrogen and oxygen atoms in total. The fourth-order valence-electron chi connectivity index (χ4n) is 5.98. The average Bonchev–Trinajstić information content (AvgIpc) is 2.81. The Morgan fingerprint density at radius 2 is 1.06 bits per heavy atom. The highest BCUT2D eigenvalue weighted by atomic mass is 31.1. The summed E-state index contributed by atoms with van der Waals surface area (Å²) in [6.07, 6.45) is 1.10. The third kappa shape index (κ3) is 5.05. The first-order chi connectivity index (χ1) is 16.8. The molecule has 0 radical (unpaired) electrons. The van der Waals surface area contributed by atoms with E-state index in [1.54, 1.807) is 0 Å². The van der Waals surface area contributed by atoms with Crippen LogP contribution < -0.4 is 0 Å². The number of rotatable bonds is 5. The largest absolute Gasteiger partial charge is 0.117 e. The van der Waals surface area contributed by atoms with Gasteiger partial charge >= 0.3 is 0 Å². The molecule has 4 aromatic carbocycles. The molecule has 0 amide bonds. The van der Waals surface area contributed by atoms with E-state index in [1.807, 2.05) is 0 Å². The Bertz CT molecular complexity index is 1310. The van der Waals surface area contributed by atoms with E-state index >= 15 is 0 Å². The van der Waals surface area contributed by atoms with Gasteiger partial charge in [0.05, 0.1) is 5.16 Å². The smallest absolute Gasteiger partial charge is 0.0599 e. The normalized spacial score (nSPS) is 12.9. The summed E-state index contributed by atoms with van der Waals surface area (Å²) >= 11 is 0. The van der Waals surface area contributed by atoms with Gasteiger partial charge in [0.25, 0.3) is 0 Å². The molecule has 0 N–H and O–H groups in total. The van der Waals surface area contributed by atoms with Gasteiger partial charge < -0.3 is 0 Å². The highest BCUT2D eigenvalue weighted by Crippen LogP contribution is 2.63. The van der Waals surface area contributed by atoms with Crippen LogP contribution in [0.3, 0.4) is 0 Å². The lowest BCUT2D eigenvalue weighted by Gasteiger charge is -2.43. The van der Waals surface area contributed by atoms with Gasteiger partial charge in [0.2, 0.25) is 0 Å². The highest BCUT2D eigenvalue weighted by molar-refractivity contribution is 7.60. The van der Waals surface area contributed by atoms with Gasteiger partial charge in [-0.2, -0.15) is 0 Å². The van der Waals surface area contributed by atoms with Gasteiger partial charge in [0.15, 0.2) is 0 Å². The van der Waals surface area contributed by atoms with Gasteiger partial charge in [-0.1, -0.05) is 134 Å². The number of hydrogen-bond donors (Lipinski definition) is 0. The van der Waals surface area contributed by atoms with Crippen LogP contribution in [0.1, 0.15) is 74.9 Å². The van der Waals surface area contributed by atoms with Gasteiger partial charge in [0, 0.05) is 0 Å². The minimum Gasteiger partial charge on any atom is -0.117 e. The maximum atomic E-state index is 3.34. The number of benzene rings is 4. The monoisotopic (exact) mass is 512 g/mol. The van der Waals surface area contributed by atoms with Crippen molar-refractivity contribution in [2.24, 2.45) is 0 Å². The standard InChI is InChI=1S/C34H42P2/c1-24-15-9-13-19-29(24)34(35,30-20-14-10-16-25(30)2)31-22-21-26-17-11-12-18-27(26)28(31)23-36(32(3,4)5)33(6,7)8/h9-22H,23,35H2,1-8H3. The van der Waals surface area contributed by atoms with Gasteiger partial charge in [0.1, 0.15) is 0 Å². The van der Waals surface area contributed by atoms with Crippen molar-refractivity contribution in [3.05, 3.63) is 118 Å². The maximum Gasteiger partial charge on any atom is 0.0599 e. The molecule has 0 aliphatic rings. The molecular formula is C34H42P2.